The van der Waals surface area contributed by atoms with Crippen LogP contribution in [0.2, 0.25) is 0 Å². The van der Waals surface area contributed by atoms with Gasteiger partial charge in [-0.3, -0.25) is 0 Å². The number of benzene rings is 1. The van der Waals surface area contributed by atoms with Gasteiger partial charge in [0.2, 0.25) is 5.88 Å². The number of aryl methyl sites for hydroxylation is 1. The van der Waals surface area contributed by atoms with Gasteiger partial charge in [0, 0.05) is 41.5 Å². The predicted molar refractivity (Wildman–Crippen MR) is 146 cm³/mol. The molecule has 1 fully saturated rings. The molecule has 0 radical (unpaired) electrons. The van der Waals surface area contributed by atoms with Crippen LogP contribution in [0.1, 0.15) is 26.5 Å². The van der Waals surface area contributed by atoms with Crippen LogP contribution in [-0.2, 0) is 11.3 Å². The van der Waals surface area contributed by atoms with Crippen LogP contribution in [0, 0.1) is 21.1 Å². The lowest BCUT2D eigenvalue weighted by Gasteiger charge is -2.28. The van der Waals surface area contributed by atoms with Crippen LogP contribution in [-0.4, -0.2) is 47.5 Å². The van der Waals surface area contributed by atoms with Crippen LogP contribution in [0.4, 0.5) is 5.69 Å². The van der Waals surface area contributed by atoms with E-state index in [1.807, 2.05) is 24.3 Å². The molecule has 188 valence electrons. The highest BCUT2D eigenvalue weighted by Gasteiger charge is 2.21. The molecule has 1 N–H and O–H groups in total. The standard InChI is InChI=1S/C26H21IN4O5S/c1-15-10-22(36-30-15)19-12-21(16-2-4-18(5-3-16)31-6-8-34-9-7-31)29-25(20(19)13-28)35-14-17-11-23(27)37-24(17)26(32)33/h2-5,10-12H,6-9,14H2,1H3,(H,32,33). The number of hydrogen-bond acceptors (Lipinski definition) is 9. The Morgan fingerprint density at radius 2 is 2.00 bits per heavy atom. The number of carboxylic acid groups (broad SMARTS) is 1. The molecule has 0 spiro atoms. The molecule has 0 bridgehead atoms. The smallest absolute Gasteiger partial charge is 0.346 e. The number of morpholine rings is 1. The van der Waals surface area contributed by atoms with Crippen molar-refractivity contribution < 1.29 is 23.9 Å². The van der Waals surface area contributed by atoms with Gasteiger partial charge >= 0.3 is 5.97 Å². The molecular formula is C26H21IN4O5S. The second-order valence-corrected chi connectivity index (χ2v) is 11.3. The summed E-state index contributed by atoms with van der Waals surface area (Å²) in [6.45, 7) is 4.83. The average molecular weight is 628 g/mol. The largest absolute Gasteiger partial charge is 0.477 e. The molecule has 0 saturated carbocycles. The molecule has 1 aliphatic rings. The Labute approximate surface area is 230 Å². The highest BCUT2D eigenvalue weighted by atomic mass is 127. The van der Waals surface area contributed by atoms with E-state index in [4.69, 9.17) is 14.0 Å². The van der Waals surface area contributed by atoms with Crippen molar-refractivity contribution in [3.05, 3.63) is 67.0 Å². The summed E-state index contributed by atoms with van der Waals surface area (Å²) in [6.07, 6.45) is 0. The number of nitriles is 1. The van der Waals surface area contributed by atoms with Crippen LogP contribution >= 0.6 is 33.9 Å². The Morgan fingerprint density at radius 1 is 1.24 bits per heavy atom. The lowest BCUT2D eigenvalue weighted by atomic mass is 10.0. The Balaban J connectivity index is 1.53. The van der Waals surface area contributed by atoms with Crippen LogP contribution < -0.4 is 9.64 Å². The van der Waals surface area contributed by atoms with Crippen molar-refractivity contribution in [1.82, 2.24) is 10.1 Å². The van der Waals surface area contributed by atoms with Gasteiger partial charge in [-0.25, -0.2) is 9.78 Å². The second kappa shape index (κ2) is 10.9. The molecule has 9 nitrogen and oxygen atoms in total. The Bertz CT molecular complexity index is 1490. The number of rotatable bonds is 7. The third kappa shape index (κ3) is 5.46. The van der Waals surface area contributed by atoms with E-state index in [2.05, 4.69) is 43.7 Å². The molecular weight excluding hydrogens is 607 g/mol. The van der Waals surface area contributed by atoms with Gasteiger partial charge in [-0.1, -0.05) is 17.3 Å². The number of thiophene rings is 1. The van der Waals surface area contributed by atoms with E-state index in [0.717, 1.165) is 27.2 Å². The van der Waals surface area contributed by atoms with Crippen LogP contribution in [0.25, 0.3) is 22.6 Å². The van der Waals surface area contributed by atoms with Crippen molar-refractivity contribution in [2.75, 3.05) is 31.2 Å². The van der Waals surface area contributed by atoms with Crippen LogP contribution in [0.5, 0.6) is 5.88 Å². The van der Waals surface area contributed by atoms with Crippen molar-refractivity contribution in [2.45, 2.75) is 13.5 Å². The lowest BCUT2D eigenvalue weighted by molar-refractivity contribution is 0.0699. The van der Waals surface area contributed by atoms with Gasteiger partial charge in [-0.05, 0) is 53.8 Å². The summed E-state index contributed by atoms with van der Waals surface area (Å²) in [5.41, 5.74) is 4.39. The molecule has 1 aromatic carbocycles. The maximum atomic E-state index is 11.6. The minimum absolute atomic E-state index is 0.0445. The van der Waals surface area contributed by atoms with Gasteiger partial charge < -0.3 is 24.0 Å². The maximum absolute atomic E-state index is 11.6. The highest BCUT2D eigenvalue weighted by molar-refractivity contribution is 14.1. The van der Waals surface area contributed by atoms with Crippen molar-refractivity contribution in [3.63, 3.8) is 0 Å². The van der Waals surface area contributed by atoms with Gasteiger partial charge in [0.25, 0.3) is 0 Å². The SMILES string of the molecule is Cc1cc(-c2cc(-c3ccc(N4CCOCC4)cc3)nc(OCc3cc(I)sc3C(=O)O)c2C#N)on1. The molecule has 4 heterocycles. The van der Waals surface area contributed by atoms with Crippen molar-refractivity contribution in [2.24, 2.45) is 0 Å². The van der Waals surface area contributed by atoms with Crippen molar-refractivity contribution >= 4 is 45.6 Å². The molecule has 0 unspecified atom stereocenters. The number of carboxylic acids is 1. The molecule has 0 aliphatic carbocycles. The fourth-order valence-corrected chi connectivity index (χ4v) is 5.83. The summed E-state index contributed by atoms with van der Waals surface area (Å²) in [5, 5.41) is 23.5. The molecule has 5 rings (SSSR count). The van der Waals surface area contributed by atoms with E-state index in [1.54, 1.807) is 25.1 Å². The molecule has 1 aliphatic heterocycles. The summed E-state index contributed by atoms with van der Waals surface area (Å²) < 4.78 is 17.7. The number of aromatic carboxylic acids is 1. The van der Waals surface area contributed by atoms with E-state index in [1.165, 1.54) is 11.3 Å². The summed E-state index contributed by atoms with van der Waals surface area (Å²) in [6, 6.07) is 15.5. The van der Waals surface area contributed by atoms with Crippen molar-refractivity contribution in [3.8, 4) is 34.5 Å². The lowest BCUT2D eigenvalue weighted by Crippen LogP contribution is -2.36. The monoisotopic (exact) mass is 628 g/mol. The number of hydrogen-bond donors (Lipinski definition) is 1. The number of carbonyl (C=O) groups is 1. The summed E-state index contributed by atoms with van der Waals surface area (Å²) >= 11 is 3.25. The zero-order chi connectivity index (χ0) is 25.9. The number of nitrogens with zero attached hydrogens (tertiary/aromatic N) is 4. The third-order valence-electron chi connectivity index (χ3n) is 5.87. The summed E-state index contributed by atoms with van der Waals surface area (Å²) in [5.74, 6) is -0.505. The van der Waals surface area contributed by atoms with E-state index in [-0.39, 0.29) is 22.9 Å². The first-order valence-corrected chi connectivity index (χ1v) is 13.3. The van der Waals surface area contributed by atoms with Gasteiger partial charge in [0.1, 0.15) is 23.1 Å². The second-order valence-electron chi connectivity index (χ2n) is 8.32. The minimum Gasteiger partial charge on any atom is -0.477 e. The first-order chi connectivity index (χ1) is 17.9. The van der Waals surface area contributed by atoms with E-state index in [9.17, 15) is 15.2 Å². The molecule has 37 heavy (non-hydrogen) atoms. The van der Waals surface area contributed by atoms with Gasteiger partial charge in [-0.15, -0.1) is 11.3 Å². The molecule has 0 atom stereocenters. The third-order valence-corrected chi connectivity index (χ3v) is 7.79. The zero-order valence-corrected chi connectivity index (χ0v) is 22.7. The molecule has 1 saturated heterocycles. The van der Waals surface area contributed by atoms with Gasteiger partial charge in [0.05, 0.1) is 27.5 Å². The Kier molecular flexibility index (Phi) is 7.40. The number of pyridine rings is 1. The Morgan fingerprint density at radius 3 is 2.65 bits per heavy atom. The van der Waals surface area contributed by atoms with Gasteiger partial charge in [-0.2, -0.15) is 5.26 Å². The quantitative estimate of drug-likeness (QED) is 0.270. The number of anilines is 1. The predicted octanol–water partition coefficient (Wildman–Crippen LogP) is 5.36. The highest BCUT2D eigenvalue weighted by Crippen LogP contribution is 2.35. The molecule has 3 aromatic heterocycles. The zero-order valence-electron chi connectivity index (χ0n) is 19.7. The van der Waals surface area contributed by atoms with E-state index >= 15 is 0 Å². The van der Waals surface area contributed by atoms with Crippen LogP contribution in [0.15, 0.2) is 47.0 Å². The fourth-order valence-electron chi connectivity index (χ4n) is 4.06. The maximum Gasteiger partial charge on any atom is 0.346 e. The molecule has 0 amide bonds. The summed E-state index contributed by atoms with van der Waals surface area (Å²) in [7, 11) is 0. The minimum atomic E-state index is -1.02. The van der Waals surface area contributed by atoms with E-state index < -0.39 is 5.97 Å². The first-order valence-electron chi connectivity index (χ1n) is 11.4. The van der Waals surface area contributed by atoms with Crippen molar-refractivity contribution in [1.29, 1.82) is 5.26 Å². The number of aromatic nitrogens is 2. The van der Waals surface area contributed by atoms with E-state index in [0.29, 0.717) is 41.5 Å². The average Bonchev–Trinajstić information content (AvgIpc) is 3.52. The van der Waals surface area contributed by atoms with Gasteiger partial charge in [0.15, 0.2) is 5.76 Å². The summed E-state index contributed by atoms with van der Waals surface area (Å²) in [4.78, 5) is 18.8. The number of ether oxygens (including phenoxy) is 2. The normalized spacial score (nSPS) is 13.4. The molecule has 11 heteroatoms. The van der Waals surface area contributed by atoms with Crippen LogP contribution in [0.3, 0.4) is 0 Å². The Hall–Kier alpha value is -3.47. The topological polar surface area (TPSA) is 122 Å². The number of halogens is 1. The first kappa shape index (κ1) is 25.2. The molecule has 4 aromatic rings. The fraction of sp³-hybridized carbons (Fsp3) is 0.231.